The second-order valence-corrected chi connectivity index (χ2v) is 6.30. The Morgan fingerprint density at radius 2 is 2.11 bits per heavy atom. The Hall–Kier alpha value is -1.40. The molecule has 1 aliphatic heterocycles. The van der Waals surface area contributed by atoms with E-state index in [0.717, 1.165) is 12.0 Å². The third kappa shape index (κ3) is 2.26. The van der Waals surface area contributed by atoms with Crippen molar-refractivity contribution in [2.75, 3.05) is 13.1 Å². The van der Waals surface area contributed by atoms with Crippen LogP contribution in [0.2, 0.25) is 0 Å². The first-order chi connectivity index (χ1) is 8.45. The molecule has 18 heavy (non-hydrogen) atoms. The van der Waals surface area contributed by atoms with Crippen LogP contribution in [0.5, 0.6) is 0 Å². The maximum Gasteiger partial charge on any atom is 0.309 e. The smallest absolute Gasteiger partial charge is 0.309 e. The van der Waals surface area contributed by atoms with E-state index >= 15 is 0 Å². The molecule has 0 saturated carbocycles. The highest BCUT2D eigenvalue weighted by Gasteiger charge is 2.40. The molecule has 0 spiro atoms. The van der Waals surface area contributed by atoms with Crippen molar-refractivity contribution in [2.45, 2.75) is 18.2 Å². The largest absolute Gasteiger partial charge is 0.481 e. The lowest BCUT2D eigenvalue weighted by Crippen LogP contribution is -2.52. The molecule has 1 aromatic carbocycles. The predicted octanol–water partition coefficient (Wildman–Crippen LogP) is 0.954. The van der Waals surface area contributed by atoms with Gasteiger partial charge in [0, 0.05) is 13.1 Å². The summed E-state index contributed by atoms with van der Waals surface area (Å²) in [6.45, 7) is 2.08. The molecule has 5 nitrogen and oxygen atoms in total. The van der Waals surface area contributed by atoms with Crippen LogP contribution in [0.3, 0.4) is 0 Å². The third-order valence-corrected chi connectivity index (χ3v) is 4.97. The summed E-state index contributed by atoms with van der Waals surface area (Å²) in [4.78, 5) is 10.9. The zero-order valence-corrected chi connectivity index (χ0v) is 10.9. The fourth-order valence-electron chi connectivity index (χ4n) is 1.87. The maximum absolute atomic E-state index is 12.2. The van der Waals surface area contributed by atoms with E-state index in [1.54, 1.807) is 18.2 Å². The van der Waals surface area contributed by atoms with Crippen LogP contribution in [0.4, 0.5) is 0 Å². The molecule has 1 saturated heterocycles. The first-order valence-corrected chi connectivity index (χ1v) is 7.21. The van der Waals surface area contributed by atoms with Crippen LogP contribution in [-0.4, -0.2) is 36.9 Å². The summed E-state index contributed by atoms with van der Waals surface area (Å²) >= 11 is 0. The number of benzene rings is 1. The van der Waals surface area contributed by atoms with Crippen LogP contribution in [-0.2, 0) is 21.2 Å². The molecule has 1 aliphatic rings. The van der Waals surface area contributed by atoms with Gasteiger partial charge in [-0.15, -0.1) is 0 Å². The molecular formula is C12H15NO4S. The van der Waals surface area contributed by atoms with E-state index in [1.165, 1.54) is 4.31 Å². The van der Waals surface area contributed by atoms with Gasteiger partial charge in [0.05, 0.1) is 10.8 Å². The van der Waals surface area contributed by atoms with Gasteiger partial charge in [-0.1, -0.05) is 19.1 Å². The Labute approximate surface area is 106 Å². The summed E-state index contributed by atoms with van der Waals surface area (Å²) < 4.78 is 25.6. The quantitative estimate of drug-likeness (QED) is 0.883. The van der Waals surface area contributed by atoms with Crippen LogP contribution in [0, 0.1) is 5.92 Å². The van der Waals surface area contributed by atoms with Gasteiger partial charge >= 0.3 is 5.97 Å². The molecule has 6 heteroatoms. The second-order valence-electron chi connectivity index (χ2n) is 4.36. The molecule has 2 rings (SSSR count). The molecule has 1 heterocycles. The van der Waals surface area contributed by atoms with Gasteiger partial charge in [0.1, 0.15) is 0 Å². The van der Waals surface area contributed by atoms with Crippen molar-refractivity contribution >= 4 is 16.0 Å². The standard InChI is InChI=1S/C12H15NO4S/c1-2-9-4-3-5-11(6-9)18(16,17)13-7-10(8-13)12(14)15/h3-6,10H,2,7-8H2,1H3,(H,14,15). The van der Waals surface area contributed by atoms with E-state index in [2.05, 4.69) is 0 Å². The van der Waals surface area contributed by atoms with Crippen molar-refractivity contribution in [3.05, 3.63) is 29.8 Å². The zero-order valence-electron chi connectivity index (χ0n) is 10.0. The van der Waals surface area contributed by atoms with E-state index in [9.17, 15) is 13.2 Å². The molecule has 0 radical (unpaired) electrons. The lowest BCUT2D eigenvalue weighted by atomic mass is 10.0. The summed E-state index contributed by atoms with van der Waals surface area (Å²) in [7, 11) is -3.53. The Kier molecular flexibility index (Phi) is 3.41. The van der Waals surface area contributed by atoms with Crippen molar-refractivity contribution < 1.29 is 18.3 Å². The number of sulfonamides is 1. The second kappa shape index (κ2) is 4.70. The number of rotatable bonds is 4. The molecule has 0 atom stereocenters. The number of carboxylic acids is 1. The minimum Gasteiger partial charge on any atom is -0.481 e. The number of hydrogen-bond acceptors (Lipinski definition) is 3. The van der Waals surface area contributed by atoms with Gasteiger partial charge in [-0.05, 0) is 24.1 Å². The van der Waals surface area contributed by atoms with Crippen LogP contribution < -0.4 is 0 Å². The van der Waals surface area contributed by atoms with E-state index in [-0.39, 0.29) is 18.0 Å². The van der Waals surface area contributed by atoms with Crippen LogP contribution >= 0.6 is 0 Å². The number of carbonyl (C=O) groups is 1. The van der Waals surface area contributed by atoms with E-state index in [1.807, 2.05) is 13.0 Å². The summed E-state index contributed by atoms with van der Waals surface area (Å²) in [5.74, 6) is -1.52. The van der Waals surface area contributed by atoms with E-state index in [4.69, 9.17) is 5.11 Å². The van der Waals surface area contributed by atoms with Crippen molar-refractivity contribution in [1.82, 2.24) is 4.31 Å². The average molecular weight is 269 g/mol. The number of nitrogens with zero attached hydrogens (tertiary/aromatic N) is 1. The summed E-state index contributed by atoms with van der Waals surface area (Å²) in [5, 5.41) is 8.75. The van der Waals surface area contributed by atoms with E-state index in [0.29, 0.717) is 0 Å². The van der Waals surface area contributed by atoms with Gasteiger partial charge in [-0.25, -0.2) is 8.42 Å². The SMILES string of the molecule is CCc1cccc(S(=O)(=O)N2CC(C(=O)O)C2)c1. The van der Waals surface area contributed by atoms with Gasteiger partial charge in [-0.3, -0.25) is 4.79 Å². The highest BCUT2D eigenvalue weighted by molar-refractivity contribution is 7.89. The average Bonchev–Trinajstić information content (AvgIpc) is 2.26. The molecule has 0 aromatic heterocycles. The molecule has 1 fully saturated rings. The minimum absolute atomic E-state index is 0.0635. The normalized spacial score (nSPS) is 17.4. The Bertz CT molecular complexity index is 561. The highest BCUT2D eigenvalue weighted by atomic mass is 32.2. The maximum atomic E-state index is 12.2. The molecule has 1 N–H and O–H groups in total. The first-order valence-electron chi connectivity index (χ1n) is 5.77. The Morgan fingerprint density at radius 3 is 2.67 bits per heavy atom. The summed E-state index contributed by atoms with van der Waals surface area (Å²) in [6.07, 6.45) is 0.765. The summed E-state index contributed by atoms with van der Waals surface area (Å²) in [5.41, 5.74) is 0.950. The molecular weight excluding hydrogens is 254 g/mol. The number of hydrogen-bond donors (Lipinski definition) is 1. The monoisotopic (exact) mass is 269 g/mol. The number of aryl methyl sites for hydroxylation is 1. The molecule has 0 unspecified atom stereocenters. The molecule has 98 valence electrons. The zero-order chi connectivity index (χ0) is 13.3. The van der Waals surface area contributed by atoms with Crippen molar-refractivity contribution in [2.24, 2.45) is 5.92 Å². The highest BCUT2D eigenvalue weighted by Crippen LogP contribution is 2.25. The lowest BCUT2D eigenvalue weighted by molar-refractivity contribution is -0.145. The van der Waals surface area contributed by atoms with E-state index < -0.39 is 21.9 Å². The van der Waals surface area contributed by atoms with Gasteiger partial charge in [-0.2, -0.15) is 4.31 Å². The van der Waals surface area contributed by atoms with Crippen molar-refractivity contribution in [1.29, 1.82) is 0 Å². The first kappa shape index (κ1) is 13.0. The van der Waals surface area contributed by atoms with Crippen LogP contribution in [0.1, 0.15) is 12.5 Å². The number of aliphatic carboxylic acids is 1. The Morgan fingerprint density at radius 1 is 1.44 bits per heavy atom. The fourth-order valence-corrected chi connectivity index (χ4v) is 3.47. The molecule has 1 aromatic rings. The van der Waals surface area contributed by atoms with Crippen molar-refractivity contribution in [3.63, 3.8) is 0 Å². The van der Waals surface area contributed by atoms with Gasteiger partial charge in [0.25, 0.3) is 0 Å². The van der Waals surface area contributed by atoms with Gasteiger partial charge in [0.2, 0.25) is 10.0 Å². The van der Waals surface area contributed by atoms with Crippen molar-refractivity contribution in [3.8, 4) is 0 Å². The Balaban J connectivity index is 2.19. The van der Waals surface area contributed by atoms with Gasteiger partial charge in [0.15, 0.2) is 0 Å². The van der Waals surface area contributed by atoms with Crippen LogP contribution in [0.15, 0.2) is 29.2 Å². The van der Waals surface area contributed by atoms with Gasteiger partial charge < -0.3 is 5.11 Å². The summed E-state index contributed by atoms with van der Waals surface area (Å²) in [6, 6.07) is 6.77. The number of carboxylic acid groups (broad SMARTS) is 1. The van der Waals surface area contributed by atoms with Crippen LogP contribution in [0.25, 0.3) is 0 Å². The predicted molar refractivity (Wildman–Crippen MR) is 65.7 cm³/mol. The molecule has 0 aliphatic carbocycles. The fraction of sp³-hybridized carbons (Fsp3) is 0.417. The molecule has 0 amide bonds. The third-order valence-electron chi connectivity index (χ3n) is 3.14. The minimum atomic E-state index is -3.53. The lowest BCUT2D eigenvalue weighted by Gasteiger charge is -2.35. The molecule has 0 bridgehead atoms. The topological polar surface area (TPSA) is 74.7 Å².